The highest BCUT2D eigenvalue weighted by Crippen LogP contribution is 2.40. The predicted octanol–water partition coefficient (Wildman–Crippen LogP) is 9.41. The summed E-state index contributed by atoms with van der Waals surface area (Å²) in [4.78, 5) is 8.87. The lowest BCUT2D eigenvalue weighted by molar-refractivity contribution is 0.262. The van der Waals surface area contributed by atoms with Crippen LogP contribution >= 0.6 is 11.6 Å². The number of aromatic nitrogens is 2. The Hall–Kier alpha value is -4.88. The van der Waals surface area contributed by atoms with E-state index in [2.05, 4.69) is 82.3 Å². The molecule has 3 heterocycles. The Kier molecular flexibility index (Phi) is 12.1. The van der Waals surface area contributed by atoms with Gasteiger partial charge in [-0.25, -0.2) is 0 Å². The number of rotatable bonds is 17. The SMILES string of the molecule is Cc1c(COc2cc(OCc3cncc(C#N)c3)c(CN(C)Cc3cc(C4CC4)on3)cc2Cl)cccc1-c1cccc(OCCCN2CCCC2)c1C. The zero-order valence-electron chi connectivity index (χ0n) is 31.4. The molecule has 10 heteroatoms. The van der Waals surface area contributed by atoms with Gasteiger partial charge in [0.1, 0.15) is 42.3 Å². The van der Waals surface area contributed by atoms with Crippen LogP contribution in [0.15, 0.2) is 77.6 Å². The average molecular weight is 746 g/mol. The van der Waals surface area contributed by atoms with Gasteiger partial charge in [0.2, 0.25) is 0 Å². The van der Waals surface area contributed by atoms with Gasteiger partial charge < -0.3 is 23.6 Å². The molecule has 7 rings (SSSR count). The van der Waals surface area contributed by atoms with E-state index in [9.17, 15) is 5.26 Å². The van der Waals surface area contributed by atoms with Crippen molar-refractivity contribution in [1.29, 1.82) is 5.26 Å². The van der Waals surface area contributed by atoms with E-state index in [0.717, 1.165) is 82.0 Å². The number of halogens is 1. The maximum absolute atomic E-state index is 9.38. The molecule has 0 unspecified atom stereocenters. The average Bonchev–Trinajstić information content (AvgIpc) is 3.69. The van der Waals surface area contributed by atoms with E-state index >= 15 is 0 Å². The molecule has 3 aromatic carbocycles. The fourth-order valence-corrected chi connectivity index (χ4v) is 7.39. The summed E-state index contributed by atoms with van der Waals surface area (Å²) in [6.07, 6.45) is 9.22. The second kappa shape index (κ2) is 17.5. The highest BCUT2D eigenvalue weighted by molar-refractivity contribution is 6.32. The molecule has 2 aliphatic rings. The molecule has 1 saturated carbocycles. The third kappa shape index (κ3) is 9.43. The van der Waals surface area contributed by atoms with Gasteiger partial charge in [0, 0.05) is 61.2 Å². The fraction of sp³-hybridized carbons (Fsp3) is 0.386. The van der Waals surface area contributed by atoms with Crippen LogP contribution in [0.5, 0.6) is 17.2 Å². The van der Waals surface area contributed by atoms with Crippen LogP contribution in [0.1, 0.15) is 82.9 Å². The van der Waals surface area contributed by atoms with Gasteiger partial charge in [-0.3, -0.25) is 9.88 Å². The van der Waals surface area contributed by atoms with Crippen LogP contribution in [-0.2, 0) is 26.3 Å². The summed E-state index contributed by atoms with van der Waals surface area (Å²) in [5.41, 5.74) is 8.70. The maximum atomic E-state index is 9.38. The van der Waals surface area contributed by atoms with Crippen molar-refractivity contribution in [2.24, 2.45) is 0 Å². The van der Waals surface area contributed by atoms with Crippen molar-refractivity contribution in [2.75, 3.05) is 33.3 Å². The highest BCUT2D eigenvalue weighted by atomic mass is 35.5. The summed E-state index contributed by atoms with van der Waals surface area (Å²) in [7, 11) is 2.03. The number of likely N-dealkylation sites (tertiary alicyclic amines) is 1. The molecular weight excluding hydrogens is 698 g/mol. The van der Waals surface area contributed by atoms with E-state index in [-0.39, 0.29) is 6.61 Å². The summed E-state index contributed by atoms with van der Waals surface area (Å²) < 4.78 is 24.7. The third-order valence-electron chi connectivity index (χ3n) is 10.3. The summed E-state index contributed by atoms with van der Waals surface area (Å²) in [6.45, 7) is 10.2. The van der Waals surface area contributed by atoms with E-state index in [4.69, 9.17) is 30.3 Å². The van der Waals surface area contributed by atoms with Crippen molar-refractivity contribution in [3.05, 3.63) is 123 Å². The molecule has 0 atom stereocenters. The lowest BCUT2D eigenvalue weighted by atomic mass is 9.93. The quantitative estimate of drug-likeness (QED) is 0.0863. The molecule has 5 aromatic rings. The first-order valence-corrected chi connectivity index (χ1v) is 19.3. The number of hydrogen-bond donors (Lipinski definition) is 0. The lowest BCUT2D eigenvalue weighted by Gasteiger charge is -2.20. The second-order valence-electron chi connectivity index (χ2n) is 14.6. The summed E-state index contributed by atoms with van der Waals surface area (Å²) in [5.74, 6) is 3.58. The monoisotopic (exact) mass is 745 g/mol. The second-order valence-corrected chi connectivity index (χ2v) is 15.0. The summed E-state index contributed by atoms with van der Waals surface area (Å²) in [5, 5.41) is 14.2. The Morgan fingerprint density at radius 3 is 2.44 bits per heavy atom. The maximum Gasteiger partial charge on any atom is 0.142 e. The number of nitriles is 1. The van der Waals surface area contributed by atoms with Crippen molar-refractivity contribution in [3.63, 3.8) is 0 Å². The van der Waals surface area contributed by atoms with Gasteiger partial charge >= 0.3 is 0 Å². The lowest BCUT2D eigenvalue weighted by Crippen LogP contribution is -2.22. The summed E-state index contributed by atoms with van der Waals surface area (Å²) >= 11 is 6.92. The van der Waals surface area contributed by atoms with Crippen molar-refractivity contribution in [1.82, 2.24) is 19.9 Å². The van der Waals surface area contributed by atoms with Crippen LogP contribution in [0.2, 0.25) is 5.02 Å². The Morgan fingerprint density at radius 2 is 1.65 bits per heavy atom. The molecule has 1 aliphatic carbocycles. The molecule has 0 N–H and O–H groups in total. The minimum absolute atomic E-state index is 0.232. The standard InChI is InChI=1S/C44H48ClN5O4/c1-30-35(9-6-10-38(30)39-11-7-12-41(31(39)2)51-18-8-17-50-15-4-5-16-50)29-53-44-22-42(52-28-33-19-32(23-46)24-47-25-33)36(20-40(44)45)26-49(3)27-37-21-43(54-48-37)34-13-14-34/h6-7,9-12,19-22,24-25,34H,4-5,8,13-18,26-29H2,1-3H3. The van der Waals surface area contributed by atoms with E-state index in [1.165, 1.54) is 32.1 Å². The fourth-order valence-electron chi connectivity index (χ4n) is 7.15. The molecule has 1 saturated heterocycles. The van der Waals surface area contributed by atoms with Crippen LogP contribution in [0.3, 0.4) is 0 Å². The van der Waals surface area contributed by atoms with Gasteiger partial charge in [0.15, 0.2) is 0 Å². The van der Waals surface area contributed by atoms with E-state index in [0.29, 0.717) is 54.3 Å². The van der Waals surface area contributed by atoms with Gasteiger partial charge in [-0.05, 0) is 112 Å². The Labute approximate surface area is 323 Å². The van der Waals surface area contributed by atoms with Crippen LogP contribution < -0.4 is 14.2 Å². The van der Waals surface area contributed by atoms with E-state index < -0.39 is 0 Å². The molecule has 280 valence electrons. The van der Waals surface area contributed by atoms with E-state index in [1.54, 1.807) is 12.3 Å². The largest absolute Gasteiger partial charge is 0.493 e. The minimum atomic E-state index is 0.232. The first-order valence-electron chi connectivity index (χ1n) is 18.9. The Morgan fingerprint density at radius 1 is 0.870 bits per heavy atom. The molecule has 1 aliphatic heterocycles. The number of nitrogens with zero attached hydrogens (tertiary/aromatic N) is 5. The zero-order valence-corrected chi connectivity index (χ0v) is 32.2. The number of benzene rings is 3. The first-order chi connectivity index (χ1) is 26.3. The topological polar surface area (TPSA) is 96.9 Å². The van der Waals surface area contributed by atoms with E-state index in [1.807, 2.05) is 19.2 Å². The van der Waals surface area contributed by atoms with Gasteiger partial charge in [-0.2, -0.15) is 5.26 Å². The first kappa shape index (κ1) is 37.4. The molecule has 9 nitrogen and oxygen atoms in total. The zero-order chi connectivity index (χ0) is 37.4. The third-order valence-corrected chi connectivity index (χ3v) is 10.6. The van der Waals surface area contributed by atoms with Gasteiger partial charge in [0.25, 0.3) is 0 Å². The van der Waals surface area contributed by atoms with Crippen LogP contribution in [0, 0.1) is 25.2 Å². The molecule has 0 amide bonds. The Balaban J connectivity index is 1.06. The summed E-state index contributed by atoms with van der Waals surface area (Å²) in [6, 6.07) is 22.4. The molecule has 0 bridgehead atoms. The highest BCUT2D eigenvalue weighted by Gasteiger charge is 2.28. The van der Waals surface area contributed by atoms with Crippen LogP contribution in [0.4, 0.5) is 0 Å². The normalized spacial score (nSPS) is 14.4. The Bertz CT molecular complexity index is 2100. The smallest absolute Gasteiger partial charge is 0.142 e. The van der Waals surface area contributed by atoms with Crippen LogP contribution in [0.25, 0.3) is 11.1 Å². The number of ether oxygens (including phenoxy) is 3. The minimum Gasteiger partial charge on any atom is -0.493 e. The molecular formula is C44H48ClN5O4. The molecule has 54 heavy (non-hydrogen) atoms. The molecule has 0 spiro atoms. The van der Waals surface area contributed by atoms with Crippen molar-refractivity contribution in [3.8, 4) is 34.4 Å². The van der Waals surface area contributed by atoms with Gasteiger partial charge in [-0.1, -0.05) is 47.1 Å². The van der Waals surface area contributed by atoms with Crippen molar-refractivity contribution >= 4 is 11.6 Å². The van der Waals surface area contributed by atoms with Crippen LogP contribution in [-0.4, -0.2) is 53.2 Å². The molecule has 0 radical (unpaired) electrons. The molecule has 2 fully saturated rings. The van der Waals surface area contributed by atoms with Gasteiger partial charge in [-0.15, -0.1) is 0 Å². The predicted molar refractivity (Wildman–Crippen MR) is 210 cm³/mol. The van der Waals surface area contributed by atoms with Crippen molar-refractivity contribution < 1.29 is 18.7 Å². The number of hydrogen-bond acceptors (Lipinski definition) is 9. The number of pyridine rings is 1. The molecule has 2 aromatic heterocycles. The van der Waals surface area contributed by atoms with Crippen molar-refractivity contribution in [2.45, 2.75) is 78.2 Å². The van der Waals surface area contributed by atoms with Gasteiger partial charge in [0.05, 0.1) is 22.9 Å².